The molecule has 0 spiro atoms. The van der Waals surface area contributed by atoms with E-state index in [0.717, 1.165) is 52.1 Å². The molecule has 4 aliphatic heterocycles. The van der Waals surface area contributed by atoms with Crippen molar-refractivity contribution in [2.24, 2.45) is 17.3 Å². The van der Waals surface area contributed by atoms with Crippen LogP contribution in [-0.4, -0.2) is 152 Å². The Hall–Kier alpha value is -5.74. The van der Waals surface area contributed by atoms with Crippen molar-refractivity contribution in [2.45, 2.75) is 111 Å². The molecule has 17 nitrogen and oxygen atoms in total. The fraction of sp³-hybridized carbons (Fsp3) is 0.577. The van der Waals surface area contributed by atoms with Crippen molar-refractivity contribution in [1.29, 1.82) is 0 Å². The van der Waals surface area contributed by atoms with Gasteiger partial charge in [0.15, 0.2) is 5.82 Å². The van der Waals surface area contributed by atoms with Gasteiger partial charge in [-0.15, -0.1) is 0 Å². The monoisotopic (exact) mass is 976 g/mol. The molecule has 70 heavy (non-hydrogen) atoms. The molecule has 0 aliphatic carbocycles. The van der Waals surface area contributed by atoms with E-state index >= 15 is 0 Å². The molecule has 1 aromatic carbocycles. The van der Waals surface area contributed by atoms with E-state index in [1.807, 2.05) is 32.2 Å². The van der Waals surface area contributed by atoms with Crippen LogP contribution in [0.3, 0.4) is 0 Å². The van der Waals surface area contributed by atoms with E-state index in [4.69, 9.17) is 23.8 Å². The standard InChI is InChI=1S/C52H68N10O7S/c1-9-61-41-17-16-34-27-37(41)38(46(61)36-13-10-19-53-44(36)32(2)3)29-52(6,7)31-69-51(67)39-14-11-21-62(56-39)50(66)40(28-42-55-47(34)57-70-42)54-48(64)45(33(4)5)58(8)49(65)35-18-22-60(30-35)43(63)15-12-20-59-23-25-68-26-24-59/h10,13,16-17,19,27,32-33,35,39-40,45,56H,9,11,14,18,20-26,28-31H2,1-8H3,(H,54,64)/t35-,39-,40-,45-/m0/s1. The first-order valence-corrected chi connectivity index (χ1v) is 25.6. The Kier molecular flexibility index (Phi) is 15.7. The van der Waals surface area contributed by atoms with E-state index in [9.17, 15) is 24.0 Å². The van der Waals surface area contributed by atoms with Crippen LogP contribution in [-0.2, 0) is 52.8 Å². The molecule has 2 N–H and O–H groups in total. The number of hydrazine groups is 1. The van der Waals surface area contributed by atoms with E-state index in [0.29, 0.717) is 75.9 Å². The molecule has 4 atom stereocenters. The van der Waals surface area contributed by atoms with Crippen LogP contribution in [0.2, 0.25) is 0 Å². The number of carbonyl (C=O) groups excluding carboxylic acids is 5. The van der Waals surface area contributed by atoms with E-state index in [1.165, 1.54) is 21.4 Å². The van der Waals surface area contributed by atoms with E-state index < -0.39 is 47.2 Å². The second-order valence-electron chi connectivity index (χ2n) is 20.5. The van der Waals surface area contributed by atoms with E-state index in [1.54, 1.807) is 11.9 Å². The fourth-order valence-corrected chi connectivity index (χ4v) is 11.0. The number of likely N-dealkylation sites (N-methyl/N-ethyl adjacent to an activating group) is 1. The quantitative estimate of drug-likeness (QED) is 0.175. The number of rotatable bonds is 9. The van der Waals surface area contributed by atoms with Crippen molar-refractivity contribution < 1.29 is 33.4 Å². The van der Waals surface area contributed by atoms with Gasteiger partial charge in [0.1, 0.15) is 23.1 Å². The first kappa shape index (κ1) is 50.6. The number of benzene rings is 1. The van der Waals surface area contributed by atoms with Crippen LogP contribution in [0.15, 0.2) is 36.5 Å². The molecule has 374 valence electrons. The molecule has 3 saturated heterocycles. The first-order valence-electron chi connectivity index (χ1n) is 24.9. The summed E-state index contributed by atoms with van der Waals surface area (Å²) in [6.07, 6.45) is 3.88. The van der Waals surface area contributed by atoms with Crippen LogP contribution < -0.4 is 10.7 Å². The third kappa shape index (κ3) is 11.1. The highest BCUT2D eigenvalue weighted by atomic mass is 32.1. The molecular weight excluding hydrogens is 909 g/mol. The molecule has 3 fully saturated rings. The van der Waals surface area contributed by atoms with Crippen LogP contribution in [0.4, 0.5) is 0 Å². The Morgan fingerprint density at radius 3 is 2.59 bits per heavy atom. The predicted octanol–water partition coefficient (Wildman–Crippen LogP) is 4.68. The van der Waals surface area contributed by atoms with Gasteiger partial charge < -0.3 is 29.2 Å². The van der Waals surface area contributed by atoms with E-state index in [-0.39, 0.29) is 43.2 Å². The number of likely N-dealkylation sites (tertiary alicyclic amines) is 1. The molecule has 0 unspecified atom stereocenters. The minimum atomic E-state index is -1.13. The minimum Gasteiger partial charge on any atom is -0.464 e. The van der Waals surface area contributed by atoms with Crippen LogP contribution >= 0.6 is 11.5 Å². The van der Waals surface area contributed by atoms with Gasteiger partial charge in [0.05, 0.1) is 43.7 Å². The van der Waals surface area contributed by atoms with Crippen molar-refractivity contribution in [2.75, 3.05) is 66.1 Å². The van der Waals surface area contributed by atoms with Gasteiger partial charge >= 0.3 is 5.97 Å². The number of fused-ring (bicyclic) bond motifs is 6. The summed E-state index contributed by atoms with van der Waals surface area (Å²) in [7, 11) is 1.60. The number of aromatic nitrogens is 4. The molecule has 0 radical (unpaired) electrons. The Labute approximate surface area is 415 Å². The number of aryl methyl sites for hydroxylation is 1. The van der Waals surface area contributed by atoms with Gasteiger partial charge in [0.2, 0.25) is 11.8 Å². The molecule has 4 aliphatic rings. The van der Waals surface area contributed by atoms with Gasteiger partial charge in [-0.2, -0.15) is 4.37 Å². The Balaban J connectivity index is 1.08. The second-order valence-corrected chi connectivity index (χ2v) is 21.3. The van der Waals surface area contributed by atoms with Gasteiger partial charge in [0.25, 0.3) is 11.8 Å². The van der Waals surface area contributed by atoms with Crippen molar-refractivity contribution >= 4 is 52.0 Å². The molecule has 3 aromatic heterocycles. The number of cyclic esters (lactones) is 1. The summed E-state index contributed by atoms with van der Waals surface area (Å²) >= 11 is 1.17. The van der Waals surface area contributed by atoms with Gasteiger partial charge in [-0.05, 0) is 97.8 Å². The third-order valence-electron chi connectivity index (χ3n) is 13.9. The highest BCUT2D eigenvalue weighted by molar-refractivity contribution is 7.05. The molecule has 0 saturated carbocycles. The van der Waals surface area contributed by atoms with Gasteiger partial charge in [-0.3, -0.25) is 38.9 Å². The number of hydrogen-bond acceptors (Lipinski definition) is 13. The lowest BCUT2D eigenvalue weighted by Gasteiger charge is -2.36. The summed E-state index contributed by atoms with van der Waals surface area (Å²) in [5.41, 5.74) is 8.77. The number of carbonyl (C=O) groups is 5. The van der Waals surface area contributed by atoms with Gasteiger partial charge in [-0.1, -0.05) is 47.5 Å². The summed E-state index contributed by atoms with van der Waals surface area (Å²) in [4.78, 5) is 85.4. The number of nitrogens with one attached hydrogen (secondary N) is 2. The highest BCUT2D eigenvalue weighted by Gasteiger charge is 2.40. The van der Waals surface area contributed by atoms with Gasteiger partial charge in [0, 0.05) is 86.4 Å². The number of morpholine rings is 1. The van der Waals surface area contributed by atoms with Crippen LogP contribution in [0, 0.1) is 29.1 Å². The zero-order valence-corrected chi connectivity index (χ0v) is 42.7. The van der Waals surface area contributed by atoms with Crippen LogP contribution in [0.5, 0.6) is 0 Å². The van der Waals surface area contributed by atoms with Gasteiger partial charge in [-0.25, -0.2) is 10.4 Å². The predicted molar refractivity (Wildman–Crippen MR) is 267 cm³/mol. The number of esters is 1. The van der Waals surface area contributed by atoms with Crippen molar-refractivity contribution in [1.82, 2.24) is 49.4 Å². The second kappa shape index (κ2) is 21.7. The maximum atomic E-state index is 14.7. The number of amides is 4. The van der Waals surface area contributed by atoms with Crippen LogP contribution in [0.1, 0.15) is 89.9 Å². The third-order valence-corrected chi connectivity index (χ3v) is 14.7. The lowest BCUT2D eigenvalue weighted by molar-refractivity contribution is -0.155. The van der Waals surface area contributed by atoms with Crippen molar-refractivity contribution in [3.63, 3.8) is 0 Å². The minimum absolute atomic E-state index is 0.0152. The fourth-order valence-electron chi connectivity index (χ4n) is 10.3. The Morgan fingerprint density at radius 1 is 1.06 bits per heavy atom. The summed E-state index contributed by atoms with van der Waals surface area (Å²) in [5, 5.41) is 5.99. The topological polar surface area (TPSA) is 184 Å². The molecule has 4 aromatic rings. The summed E-state index contributed by atoms with van der Waals surface area (Å²) < 4.78 is 18.7. The highest BCUT2D eigenvalue weighted by Crippen LogP contribution is 2.41. The molecule has 7 heterocycles. The summed E-state index contributed by atoms with van der Waals surface area (Å²) in [6, 6.07) is 7.52. The lowest BCUT2D eigenvalue weighted by atomic mass is 9.84. The first-order chi connectivity index (χ1) is 33.5. The van der Waals surface area contributed by atoms with Crippen molar-refractivity contribution in [3.8, 4) is 34.5 Å². The maximum absolute atomic E-state index is 14.7. The molecule has 8 rings (SSSR count). The largest absolute Gasteiger partial charge is 0.464 e. The van der Waals surface area contributed by atoms with E-state index in [2.05, 4.69) is 84.9 Å². The average Bonchev–Trinajstić information content (AvgIpc) is 4.11. The van der Waals surface area contributed by atoms with Crippen molar-refractivity contribution in [3.05, 3.63) is 52.8 Å². The molecule has 18 heteroatoms. The zero-order valence-electron chi connectivity index (χ0n) is 41.9. The lowest BCUT2D eigenvalue weighted by Crippen LogP contribution is -2.62. The number of pyridine rings is 1. The normalized spacial score (nSPS) is 21.5. The number of ether oxygens (including phenoxy) is 2. The zero-order chi connectivity index (χ0) is 49.9. The Bertz CT molecular complexity index is 2660. The summed E-state index contributed by atoms with van der Waals surface area (Å²) in [6.45, 7) is 19.4. The summed E-state index contributed by atoms with van der Waals surface area (Å²) in [5.74, 6) is 3.55. The SMILES string of the molecule is CCn1c(-c2cccnc2C(C)C)c2c3cc(ccc31)-c1nsc(n1)C[C@H](NC(=O)[C@H](C(C)C)N(C)C(=O)[C@H]1CCN(C(=O)C#CCN3CCOCC3)C1)C(=O)N1CCC[C@H](N1)C(=O)OCC(C)(C)C2. The van der Waals surface area contributed by atoms with Crippen LogP contribution in [0.25, 0.3) is 33.5 Å². The maximum Gasteiger partial charge on any atom is 0.324 e. The average molecular weight is 977 g/mol. The number of nitrogens with zero attached hydrogens (tertiary/aromatic N) is 8. The number of hydrogen-bond donors (Lipinski definition) is 2. The Morgan fingerprint density at radius 2 is 1.84 bits per heavy atom. The molecular formula is C52H68N10O7S. The molecule has 4 amide bonds. The smallest absolute Gasteiger partial charge is 0.324 e. The molecule has 6 bridgehead atoms.